The summed E-state index contributed by atoms with van der Waals surface area (Å²) in [5.41, 5.74) is 3.31. The zero-order valence-electron chi connectivity index (χ0n) is 10.5. The van der Waals surface area contributed by atoms with E-state index in [1.807, 2.05) is 53.5 Å². The summed E-state index contributed by atoms with van der Waals surface area (Å²) in [4.78, 5) is 0. The van der Waals surface area contributed by atoms with Crippen molar-refractivity contribution in [1.82, 2.24) is 25.3 Å². The normalized spacial score (nSPS) is 10.7. The number of hydrogen-bond acceptors (Lipinski definition) is 3. The van der Waals surface area contributed by atoms with Gasteiger partial charge < -0.3 is 5.32 Å². The quantitative estimate of drug-likeness (QED) is 0.730. The lowest BCUT2D eigenvalue weighted by Gasteiger charge is -2.01. The van der Waals surface area contributed by atoms with Crippen LogP contribution in [0.4, 0.5) is 0 Å². The van der Waals surface area contributed by atoms with Crippen molar-refractivity contribution in [3.63, 3.8) is 0 Å². The predicted molar refractivity (Wildman–Crippen MR) is 72.7 cm³/mol. The number of aromatic amines is 1. The van der Waals surface area contributed by atoms with Crippen LogP contribution in [0.5, 0.6) is 0 Å². The van der Waals surface area contributed by atoms with Gasteiger partial charge in [-0.15, -0.1) is 0 Å². The van der Waals surface area contributed by atoms with Crippen molar-refractivity contribution in [2.24, 2.45) is 0 Å². The molecule has 0 fully saturated rings. The average molecular weight is 253 g/mol. The molecular weight excluding hydrogens is 238 g/mol. The molecule has 0 atom stereocenters. The first-order valence-corrected chi connectivity index (χ1v) is 6.20. The first-order chi connectivity index (χ1) is 9.42. The molecule has 2 N–H and O–H groups in total. The minimum atomic E-state index is 0.774. The van der Waals surface area contributed by atoms with E-state index in [0.717, 1.165) is 30.0 Å². The Kier molecular flexibility index (Phi) is 3.38. The summed E-state index contributed by atoms with van der Waals surface area (Å²) in [6.07, 6.45) is 5.67. The monoisotopic (exact) mass is 253 g/mol. The van der Waals surface area contributed by atoms with Gasteiger partial charge in [-0.1, -0.05) is 18.2 Å². The van der Waals surface area contributed by atoms with Gasteiger partial charge in [0.05, 0.1) is 11.9 Å². The minimum Gasteiger partial charge on any atom is -0.307 e. The third-order valence-corrected chi connectivity index (χ3v) is 2.86. The van der Waals surface area contributed by atoms with Crippen LogP contribution < -0.4 is 5.32 Å². The highest BCUT2D eigenvalue weighted by Crippen LogP contribution is 2.07. The van der Waals surface area contributed by atoms with Crippen LogP contribution in [0, 0.1) is 0 Å². The SMILES string of the molecule is c1ccc(-n2cc(CNCc3ccn[nH]3)cn2)cc1. The maximum atomic E-state index is 4.36. The van der Waals surface area contributed by atoms with Gasteiger partial charge in [-0.3, -0.25) is 5.10 Å². The molecule has 0 spiro atoms. The first-order valence-electron chi connectivity index (χ1n) is 6.20. The van der Waals surface area contributed by atoms with E-state index in [9.17, 15) is 0 Å². The molecule has 0 unspecified atom stereocenters. The Morgan fingerprint density at radius 2 is 2.00 bits per heavy atom. The zero-order valence-corrected chi connectivity index (χ0v) is 10.5. The van der Waals surface area contributed by atoms with Crippen molar-refractivity contribution in [1.29, 1.82) is 0 Å². The standard InChI is InChI=1S/C14H15N5/c1-2-4-14(5-3-1)19-11-12(9-17-19)8-15-10-13-6-7-16-18-13/h1-7,9,11,15H,8,10H2,(H,16,18). The van der Waals surface area contributed by atoms with Gasteiger partial charge in [-0.05, 0) is 18.2 Å². The van der Waals surface area contributed by atoms with Crippen LogP contribution in [0.15, 0.2) is 55.0 Å². The molecule has 5 heteroatoms. The molecule has 19 heavy (non-hydrogen) atoms. The second-order valence-corrected chi connectivity index (χ2v) is 4.31. The summed E-state index contributed by atoms with van der Waals surface area (Å²) in [5, 5.41) is 14.5. The van der Waals surface area contributed by atoms with E-state index in [2.05, 4.69) is 20.6 Å². The fourth-order valence-electron chi connectivity index (χ4n) is 1.90. The molecule has 2 aromatic heterocycles. The fraction of sp³-hybridized carbons (Fsp3) is 0.143. The van der Waals surface area contributed by atoms with E-state index < -0.39 is 0 Å². The lowest BCUT2D eigenvalue weighted by molar-refractivity contribution is 0.677. The molecule has 0 saturated heterocycles. The Labute approximate surface area is 111 Å². The molecule has 5 nitrogen and oxygen atoms in total. The van der Waals surface area contributed by atoms with Crippen molar-refractivity contribution >= 4 is 0 Å². The number of para-hydroxylation sites is 1. The Morgan fingerprint density at radius 3 is 2.79 bits per heavy atom. The van der Waals surface area contributed by atoms with Gasteiger partial charge in [0.15, 0.2) is 0 Å². The molecule has 0 aliphatic heterocycles. The molecule has 0 aliphatic rings. The molecule has 0 amide bonds. The van der Waals surface area contributed by atoms with Crippen LogP contribution >= 0.6 is 0 Å². The number of nitrogens with one attached hydrogen (secondary N) is 2. The summed E-state index contributed by atoms with van der Waals surface area (Å²) < 4.78 is 1.88. The van der Waals surface area contributed by atoms with Crippen LogP contribution in [-0.4, -0.2) is 20.0 Å². The van der Waals surface area contributed by atoms with E-state index >= 15 is 0 Å². The lowest BCUT2D eigenvalue weighted by atomic mass is 10.3. The van der Waals surface area contributed by atoms with Crippen LogP contribution in [0.2, 0.25) is 0 Å². The third-order valence-electron chi connectivity index (χ3n) is 2.86. The van der Waals surface area contributed by atoms with Gasteiger partial charge in [0.25, 0.3) is 0 Å². The van der Waals surface area contributed by atoms with Crippen molar-refractivity contribution in [2.75, 3.05) is 0 Å². The number of H-pyrrole nitrogens is 1. The van der Waals surface area contributed by atoms with Gasteiger partial charge in [0.1, 0.15) is 0 Å². The molecule has 3 rings (SSSR count). The summed E-state index contributed by atoms with van der Waals surface area (Å²) in [6, 6.07) is 12.0. The van der Waals surface area contributed by atoms with Crippen LogP contribution in [-0.2, 0) is 13.1 Å². The van der Waals surface area contributed by atoms with E-state index in [-0.39, 0.29) is 0 Å². The Balaban J connectivity index is 1.59. The number of aromatic nitrogens is 4. The number of nitrogens with zero attached hydrogens (tertiary/aromatic N) is 3. The number of rotatable bonds is 5. The van der Waals surface area contributed by atoms with Crippen LogP contribution in [0.3, 0.4) is 0 Å². The molecule has 1 aromatic carbocycles. The fourth-order valence-corrected chi connectivity index (χ4v) is 1.90. The van der Waals surface area contributed by atoms with Crippen molar-refractivity contribution in [2.45, 2.75) is 13.1 Å². The first kappa shape index (κ1) is 11.7. The van der Waals surface area contributed by atoms with Gasteiger partial charge >= 0.3 is 0 Å². The van der Waals surface area contributed by atoms with E-state index in [1.165, 1.54) is 0 Å². The second kappa shape index (κ2) is 5.49. The smallest absolute Gasteiger partial charge is 0.0645 e. The van der Waals surface area contributed by atoms with Gasteiger partial charge in [-0.25, -0.2) is 4.68 Å². The Hall–Kier alpha value is -2.40. The van der Waals surface area contributed by atoms with Crippen molar-refractivity contribution in [3.8, 4) is 5.69 Å². The van der Waals surface area contributed by atoms with E-state index in [1.54, 1.807) is 6.20 Å². The molecule has 3 aromatic rings. The molecule has 2 heterocycles. The van der Waals surface area contributed by atoms with E-state index in [4.69, 9.17) is 0 Å². The predicted octanol–water partition coefficient (Wildman–Crippen LogP) is 1.89. The maximum Gasteiger partial charge on any atom is 0.0645 e. The number of benzene rings is 1. The summed E-state index contributed by atoms with van der Waals surface area (Å²) in [5.74, 6) is 0. The Morgan fingerprint density at radius 1 is 1.11 bits per heavy atom. The van der Waals surface area contributed by atoms with Crippen LogP contribution in [0.25, 0.3) is 5.69 Å². The second-order valence-electron chi connectivity index (χ2n) is 4.31. The highest BCUT2D eigenvalue weighted by atomic mass is 15.3. The highest BCUT2D eigenvalue weighted by molar-refractivity contribution is 5.30. The molecule has 0 bridgehead atoms. The number of hydrogen-bond donors (Lipinski definition) is 2. The summed E-state index contributed by atoms with van der Waals surface area (Å²) in [7, 11) is 0. The summed E-state index contributed by atoms with van der Waals surface area (Å²) >= 11 is 0. The average Bonchev–Trinajstić information content (AvgIpc) is 3.11. The van der Waals surface area contributed by atoms with Gasteiger partial charge in [-0.2, -0.15) is 10.2 Å². The minimum absolute atomic E-state index is 0.774. The van der Waals surface area contributed by atoms with Crippen molar-refractivity contribution < 1.29 is 0 Å². The molecule has 96 valence electrons. The van der Waals surface area contributed by atoms with E-state index in [0.29, 0.717) is 0 Å². The maximum absolute atomic E-state index is 4.36. The Bertz CT molecular complexity index is 612. The lowest BCUT2D eigenvalue weighted by Crippen LogP contribution is -2.12. The summed E-state index contributed by atoms with van der Waals surface area (Å²) in [6.45, 7) is 1.56. The topological polar surface area (TPSA) is 58.5 Å². The van der Waals surface area contributed by atoms with Crippen molar-refractivity contribution in [3.05, 3.63) is 66.2 Å². The highest BCUT2D eigenvalue weighted by Gasteiger charge is 2.00. The van der Waals surface area contributed by atoms with Crippen LogP contribution in [0.1, 0.15) is 11.3 Å². The zero-order chi connectivity index (χ0) is 12.9. The third kappa shape index (κ3) is 2.89. The molecular formula is C14H15N5. The molecule has 0 radical (unpaired) electrons. The largest absolute Gasteiger partial charge is 0.307 e. The molecule has 0 aliphatic carbocycles. The van der Waals surface area contributed by atoms with Gasteiger partial charge in [0.2, 0.25) is 0 Å². The molecule has 0 saturated carbocycles. The van der Waals surface area contributed by atoms with Gasteiger partial charge in [0, 0.05) is 36.7 Å².